The third-order valence-corrected chi connectivity index (χ3v) is 5.43. The van der Waals surface area contributed by atoms with Gasteiger partial charge < -0.3 is 10.6 Å². The second-order valence-corrected chi connectivity index (χ2v) is 8.01. The quantitative estimate of drug-likeness (QED) is 0.844. The molecule has 3 heteroatoms. The molecule has 3 nitrogen and oxygen atoms in total. The molecule has 0 atom stereocenters. The van der Waals surface area contributed by atoms with Crippen LogP contribution in [0.4, 0.5) is 0 Å². The Morgan fingerprint density at radius 3 is 2.10 bits per heavy atom. The molecule has 2 rings (SSSR count). The van der Waals surface area contributed by atoms with E-state index in [-0.39, 0.29) is 0 Å². The summed E-state index contributed by atoms with van der Waals surface area (Å²) in [6.45, 7) is 8.89. The molecule has 1 saturated carbocycles. The van der Waals surface area contributed by atoms with Crippen LogP contribution < -0.4 is 5.73 Å². The topological polar surface area (TPSA) is 46.3 Å². The van der Waals surface area contributed by atoms with Crippen LogP contribution in [0.5, 0.6) is 0 Å². The number of nitrogens with two attached hydrogens (primary N) is 1. The van der Waals surface area contributed by atoms with Gasteiger partial charge in [0.25, 0.3) is 0 Å². The Kier molecular flexibility index (Phi) is 5.11. The van der Waals surface area contributed by atoms with Crippen molar-refractivity contribution >= 4 is 5.91 Å². The lowest BCUT2D eigenvalue weighted by Crippen LogP contribution is -2.42. The van der Waals surface area contributed by atoms with Crippen LogP contribution >= 0.6 is 0 Å². The summed E-state index contributed by atoms with van der Waals surface area (Å²) in [4.78, 5) is 14.5. The summed E-state index contributed by atoms with van der Waals surface area (Å²) >= 11 is 0. The first-order valence-corrected chi connectivity index (χ1v) is 8.39. The van der Waals surface area contributed by atoms with Gasteiger partial charge in [-0.3, -0.25) is 4.79 Å². The third-order valence-electron chi connectivity index (χ3n) is 5.43. The van der Waals surface area contributed by atoms with Crippen LogP contribution in [0.2, 0.25) is 0 Å². The van der Waals surface area contributed by atoms with E-state index < -0.39 is 0 Å². The maximum Gasteiger partial charge on any atom is 0.222 e. The van der Waals surface area contributed by atoms with E-state index in [1.165, 1.54) is 12.8 Å². The van der Waals surface area contributed by atoms with E-state index in [1.54, 1.807) is 0 Å². The fourth-order valence-electron chi connectivity index (χ4n) is 3.76. The highest BCUT2D eigenvalue weighted by Crippen LogP contribution is 2.35. The Balaban J connectivity index is 1.75. The second kappa shape index (κ2) is 6.46. The number of carbonyl (C=O) groups excluding carboxylic acids is 1. The van der Waals surface area contributed by atoms with E-state index in [2.05, 4.69) is 25.7 Å². The summed E-state index contributed by atoms with van der Waals surface area (Å²) in [6.07, 6.45) is 7.59. The molecule has 116 valence electrons. The summed E-state index contributed by atoms with van der Waals surface area (Å²) < 4.78 is 0. The molecule has 0 aromatic rings. The van der Waals surface area contributed by atoms with Gasteiger partial charge in [-0.25, -0.2) is 0 Å². The summed E-state index contributed by atoms with van der Waals surface area (Å²) in [6, 6.07) is 0.379. The lowest BCUT2D eigenvalue weighted by Gasteiger charge is -2.39. The first-order chi connectivity index (χ1) is 9.36. The summed E-state index contributed by atoms with van der Waals surface area (Å²) in [5, 5.41) is 0. The zero-order valence-corrected chi connectivity index (χ0v) is 13.5. The summed E-state index contributed by atoms with van der Waals surface area (Å²) in [5.74, 6) is 1.74. The number of likely N-dealkylation sites (tertiary alicyclic amines) is 1. The molecule has 2 aliphatic rings. The Labute approximate surface area is 124 Å². The number of nitrogens with zero attached hydrogens (tertiary/aromatic N) is 1. The smallest absolute Gasteiger partial charge is 0.222 e. The molecule has 2 fully saturated rings. The van der Waals surface area contributed by atoms with Gasteiger partial charge in [-0.2, -0.15) is 0 Å². The van der Waals surface area contributed by atoms with Crippen molar-refractivity contribution in [1.29, 1.82) is 0 Å². The maximum atomic E-state index is 12.4. The zero-order chi connectivity index (χ0) is 14.8. The maximum absolute atomic E-state index is 12.4. The lowest BCUT2D eigenvalue weighted by molar-refractivity contribution is -0.134. The zero-order valence-electron chi connectivity index (χ0n) is 13.5. The molecule has 0 spiro atoms. The van der Waals surface area contributed by atoms with Gasteiger partial charge >= 0.3 is 0 Å². The normalized spacial score (nSPS) is 29.5. The molecule has 1 saturated heterocycles. The molecule has 1 heterocycles. The van der Waals surface area contributed by atoms with Gasteiger partial charge in [0.05, 0.1) is 0 Å². The lowest BCUT2D eigenvalue weighted by atomic mass is 9.75. The number of amides is 1. The number of hydrogen-bond donors (Lipinski definition) is 1. The monoisotopic (exact) mass is 280 g/mol. The molecule has 2 N–H and O–H groups in total. The fraction of sp³-hybridized carbons (Fsp3) is 0.941. The minimum atomic E-state index is 0.379. The summed E-state index contributed by atoms with van der Waals surface area (Å²) in [7, 11) is 0. The standard InChI is InChI=1S/C17H32N2O/c1-17(2,3)14-8-10-19(11-9-14)16(20)12-13-4-6-15(18)7-5-13/h13-15H,4-12,18H2,1-3H3. The van der Waals surface area contributed by atoms with Gasteiger partial charge in [-0.05, 0) is 55.8 Å². The number of piperidine rings is 1. The van der Waals surface area contributed by atoms with E-state index in [0.29, 0.717) is 23.3 Å². The highest BCUT2D eigenvalue weighted by molar-refractivity contribution is 5.76. The number of rotatable bonds is 2. The van der Waals surface area contributed by atoms with Gasteiger partial charge in [0.15, 0.2) is 0 Å². The van der Waals surface area contributed by atoms with Gasteiger partial charge in [0.1, 0.15) is 0 Å². The molecule has 1 amide bonds. The molecule has 0 aromatic carbocycles. The van der Waals surface area contributed by atoms with Gasteiger partial charge in [0, 0.05) is 25.6 Å². The SMILES string of the molecule is CC(C)(C)C1CCN(C(=O)CC2CCC(N)CC2)CC1. The minimum Gasteiger partial charge on any atom is -0.343 e. The average molecular weight is 280 g/mol. The Morgan fingerprint density at radius 1 is 1.05 bits per heavy atom. The van der Waals surface area contributed by atoms with E-state index in [0.717, 1.165) is 51.1 Å². The molecule has 20 heavy (non-hydrogen) atoms. The van der Waals surface area contributed by atoms with Crippen molar-refractivity contribution in [2.75, 3.05) is 13.1 Å². The van der Waals surface area contributed by atoms with Crippen LogP contribution in [-0.4, -0.2) is 29.9 Å². The van der Waals surface area contributed by atoms with Crippen molar-refractivity contribution in [2.24, 2.45) is 23.0 Å². The molecule has 0 radical (unpaired) electrons. The van der Waals surface area contributed by atoms with Crippen molar-refractivity contribution < 1.29 is 4.79 Å². The van der Waals surface area contributed by atoms with Crippen LogP contribution in [0.1, 0.15) is 65.7 Å². The van der Waals surface area contributed by atoms with Crippen LogP contribution in [0, 0.1) is 17.3 Å². The van der Waals surface area contributed by atoms with Crippen molar-refractivity contribution in [3.8, 4) is 0 Å². The molecule has 0 aromatic heterocycles. The van der Waals surface area contributed by atoms with Crippen LogP contribution in [0.25, 0.3) is 0 Å². The minimum absolute atomic E-state index is 0.379. The highest BCUT2D eigenvalue weighted by atomic mass is 16.2. The predicted molar refractivity (Wildman–Crippen MR) is 83.3 cm³/mol. The van der Waals surface area contributed by atoms with Crippen molar-refractivity contribution in [3.05, 3.63) is 0 Å². The molecule has 1 aliphatic heterocycles. The van der Waals surface area contributed by atoms with Crippen LogP contribution in [0.3, 0.4) is 0 Å². The van der Waals surface area contributed by atoms with Crippen molar-refractivity contribution in [3.63, 3.8) is 0 Å². The average Bonchev–Trinajstić information content (AvgIpc) is 2.40. The fourth-order valence-corrected chi connectivity index (χ4v) is 3.76. The summed E-state index contributed by atoms with van der Waals surface area (Å²) in [5.41, 5.74) is 6.31. The van der Waals surface area contributed by atoms with Gasteiger partial charge in [-0.1, -0.05) is 20.8 Å². The number of hydrogen-bond acceptors (Lipinski definition) is 2. The van der Waals surface area contributed by atoms with E-state index >= 15 is 0 Å². The van der Waals surface area contributed by atoms with E-state index in [1.807, 2.05) is 0 Å². The van der Waals surface area contributed by atoms with Gasteiger partial charge in [-0.15, -0.1) is 0 Å². The van der Waals surface area contributed by atoms with Crippen LogP contribution in [0.15, 0.2) is 0 Å². The largest absolute Gasteiger partial charge is 0.343 e. The number of carbonyl (C=O) groups is 1. The molecule has 0 unspecified atom stereocenters. The third kappa shape index (κ3) is 4.21. The van der Waals surface area contributed by atoms with Gasteiger partial charge in [0.2, 0.25) is 5.91 Å². The second-order valence-electron chi connectivity index (χ2n) is 8.01. The Hall–Kier alpha value is -0.570. The first-order valence-electron chi connectivity index (χ1n) is 8.39. The van der Waals surface area contributed by atoms with Crippen LogP contribution in [-0.2, 0) is 4.79 Å². The Morgan fingerprint density at radius 2 is 1.60 bits per heavy atom. The van der Waals surface area contributed by atoms with E-state index in [9.17, 15) is 4.79 Å². The predicted octanol–water partition coefficient (Wildman–Crippen LogP) is 3.18. The van der Waals surface area contributed by atoms with E-state index in [4.69, 9.17) is 5.73 Å². The molecular formula is C17H32N2O. The Bertz CT molecular complexity index is 318. The van der Waals surface area contributed by atoms with Crippen molar-refractivity contribution in [2.45, 2.75) is 71.8 Å². The molecular weight excluding hydrogens is 248 g/mol. The highest BCUT2D eigenvalue weighted by Gasteiger charge is 2.31. The molecule has 1 aliphatic carbocycles. The molecule has 0 bridgehead atoms. The first kappa shape index (κ1) is 15.8. The van der Waals surface area contributed by atoms with Crippen molar-refractivity contribution in [1.82, 2.24) is 4.90 Å².